The lowest BCUT2D eigenvalue weighted by Gasteiger charge is -2.19. The molecule has 0 amide bonds. The number of anilines is 1. The van der Waals surface area contributed by atoms with E-state index in [1.54, 1.807) is 6.20 Å². The standard InChI is InChI=1S/C20H24ClN3O2/c21-16-6-4-15(5-7-16)8-10-24-11-18-19(12-24)26-14-17(13-25-18)23-20-3-1-2-9-22-20/h1-7,9,17-19H,8,10-14H2,(H,22,23)/t18-,19-/m0/s1. The van der Waals surface area contributed by atoms with E-state index in [4.69, 9.17) is 21.1 Å². The monoisotopic (exact) mass is 373 g/mol. The molecule has 1 aromatic heterocycles. The van der Waals surface area contributed by atoms with Crippen LogP contribution in [0.3, 0.4) is 0 Å². The van der Waals surface area contributed by atoms with Gasteiger partial charge >= 0.3 is 0 Å². The predicted octanol–water partition coefficient (Wildman–Crippen LogP) is 2.86. The van der Waals surface area contributed by atoms with Gasteiger partial charge in [0.25, 0.3) is 0 Å². The fraction of sp³-hybridized carbons (Fsp3) is 0.450. The highest BCUT2D eigenvalue weighted by Crippen LogP contribution is 2.21. The van der Waals surface area contributed by atoms with Gasteiger partial charge in [0.15, 0.2) is 0 Å². The first-order valence-corrected chi connectivity index (χ1v) is 9.51. The third-order valence-electron chi connectivity index (χ3n) is 4.96. The second kappa shape index (κ2) is 8.35. The molecule has 1 N–H and O–H groups in total. The number of rotatable bonds is 5. The van der Waals surface area contributed by atoms with Gasteiger partial charge in [-0.1, -0.05) is 29.8 Å². The number of nitrogens with zero attached hydrogens (tertiary/aromatic N) is 2. The Morgan fingerprint density at radius 3 is 2.42 bits per heavy atom. The molecule has 2 aliphatic rings. The number of halogens is 1. The van der Waals surface area contributed by atoms with Crippen molar-refractivity contribution < 1.29 is 9.47 Å². The zero-order chi connectivity index (χ0) is 17.8. The number of nitrogens with one attached hydrogen (secondary N) is 1. The second-order valence-electron chi connectivity index (χ2n) is 6.94. The molecular formula is C20H24ClN3O2. The van der Waals surface area contributed by atoms with Crippen molar-refractivity contribution >= 4 is 17.4 Å². The minimum absolute atomic E-state index is 0.137. The normalized spacial score (nSPS) is 24.2. The topological polar surface area (TPSA) is 46.6 Å². The maximum absolute atomic E-state index is 6.14. The first-order chi connectivity index (χ1) is 12.8. The molecule has 2 aliphatic heterocycles. The molecule has 0 aliphatic carbocycles. The Morgan fingerprint density at radius 1 is 1.04 bits per heavy atom. The van der Waals surface area contributed by atoms with E-state index < -0.39 is 0 Å². The number of ether oxygens (including phenoxy) is 2. The number of fused-ring (bicyclic) bond motifs is 1. The molecule has 3 heterocycles. The molecule has 2 saturated heterocycles. The van der Waals surface area contributed by atoms with Gasteiger partial charge in [0, 0.05) is 30.9 Å². The fourth-order valence-corrected chi connectivity index (χ4v) is 3.65. The van der Waals surface area contributed by atoms with E-state index in [0.717, 1.165) is 36.9 Å². The minimum Gasteiger partial charge on any atom is -0.372 e. The van der Waals surface area contributed by atoms with E-state index in [9.17, 15) is 0 Å². The highest BCUT2D eigenvalue weighted by atomic mass is 35.5. The van der Waals surface area contributed by atoms with Crippen molar-refractivity contribution in [3.63, 3.8) is 0 Å². The van der Waals surface area contributed by atoms with Crippen molar-refractivity contribution in [3.8, 4) is 0 Å². The highest BCUT2D eigenvalue weighted by Gasteiger charge is 2.37. The highest BCUT2D eigenvalue weighted by molar-refractivity contribution is 6.30. The summed E-state index contributed by atoms with van der Waals surface area (Å²) in [5.41, 5.74) is 1.31. The van der Waals surface area contributed by atoms with Gasteiger partial charge in [-0.05, 0) is 36.2 Å². The van der Waals surface area contributed by atoms with Gasteiger partial charge in [-0.3, -0.25) is 4.90 Å². The molecule has 0 radical (unpaired) electrons. The third kappa shape index (κ3) is 4.54. The Labute approximate surface area is 159 Å². The minimum atomic E-state index is 0.137. The maximum atomic E-state index is 6.14. The summed E-state index contributed by atoms with van der Waals surface area (Å²) in [6.07, 6.45) is 3.10. The van der Waals surface area contributed by atoms with Crippen LogP contribution in [-0.4, -0.2) is 61.0 Å². The average molecular weight is 374 g/mol. The van der Waals surface area contributed by atoms with Gasteiger partial charge in [0.05, 0.1) is 31.5 Å². The van der Waals surface area contributed by atoms with Crippen molar-refractivity contribution in [2.45, 2.75) is 24.7 Å². The SMILES string of the molecule is Clc1ccc(CCN2C[C@@H]3OCC(Nc4ccccn4)CO[C@H]3C2)cc1. The number of benzene rings is 1. The summed E-state index contributed by atoms with van der Waals surface area (Å²) in [5, 5.41) is 4.17. The molecule has 0 bridgehead atoms. The first kappa shape index (κ1) is 17.7. The molecule has 0 unspecified atom stereocenters. The lowest BCUT2D eigenvalue weighted by atomic mass is 10.1. The predicted molar refractivity (Wildman–Crippen MR) is 103 cm³/mol. The molecule has 0 spiro atoms. The zero-order valence-electron chi connectivity index (χ0n) is 14.7. The van der Waals surface area contributed by atoms with Crippen molar-refractivity contribution in [3.05, 3.63) is 59.2 Å². The largest absolute Gasteiger partial charge is 0.372 e. The Bertz CT molecular complexity index is 682. The molecule has 4 rings (SSSR count). The molecule has 2 atom stereocenters. The van der Waals surface area contributed by atoms with Crippen LogP contribution in [0.4, 0.5) is 5.82 Å². The smallest absolute Gasteiger partial charge is 0.126 e. The van der Waals surface area contributed by atoms with Crippen LogP contribution in [-0.2, 0) is 15.9 Å². The summed E-state index contributed by atoms with van der Waals surface area (Å²) in [5.74, 6) is 0.862. The molecule has 26 heavy (non-hydrogen) atoms. The van der Waals surface area contributed by atoms with Crippen LogP contribution >= 0.6 is 11.6 Å². The van der Waals surface area contributed by atoms with E-state index >= 15 is 0 Å². The van der Waals surface area contributed by atoms with Gasteiger partial charge in [-0.2, -0.15) is 0 Å². The maximum Gasteiger partial charge on any atom is 0.126 e. The van der Waals surface area contributed by atoms with Crippen molar-refractivity contribution in [2.24, 2.45) is 0 Å². The van der Waals surface area contributed by atoms with Crippen molar-refractivity contribution in [1.29, 1.82) is 0 Å². The Morgan fingerprint density at radius 2 is 1.77 bits per heavy atom. The zero-order valence-corrected chi connectivity index (χ0v) is 15.4. The molecule has 2 aromatic rings. The van der Waals surface area contributed by atoms with Crippen LogP contribution < -0.4 is 5.32 Å². The van der Waals surface area contributed by atoms with Gasteiger partial charge in [-0.25, -0.2) is 4.98 Å². The summed E-state index contributed by atoms with van der Waals surface area (Å²) in [6.45, 7) is 4.14. The van der Waals surface area contributed by atoms with Crippen LogP contribution in [0.5, 0.6) is 0 Å². The molecule has 0 saturated carbocycles. The van der Waals surface area contributed by atoms with Gasteiger partial charge in [-0.15, -0.1) is 0 Å². The van der Waals surface area contributed by atoms with E-state index in [1.807, 2.05) is 30.3 Å². The second-order valence-corrected chi connectivity index (χ2v) is 7.37. The molecule has 2 fully saturated rings. The van der Waals surface area contributed by atoms with Crippen LogP contribution in [0.2, 0.25) is 5.02 Å². The van der Waals surface area contributed by atoms with Crippen LogP contribution in [0.15, 0.2) is 48.7 Å². The number of hydrogen-bond acceptors (Lipinski definition) is 5. The van der Waals surface area contributed by atoms with Gasteiger partial charge in [0.2, 0.25) is 0 Å². The number of pyridine rings is 1. The van der Waals surface area contributed by atoms with Gasteiger partial charge < -0.3 is 14.8 Å². The fourth-order valence-electron chi connectivity index (χ4n) is 3.53. The average Bonchev–Trinajstić information content (AvgIpc) is 2.97. The lowest BCUT2D eigenvalue weighted by molar-refractivity contribution is -0.00461. The summed E-state index contributed by atoms with van der Waals surface area (Å²) in [4.78, 5) is 6.73. The molecule has 6 heteroatoms. The van der Waals surface area contributed by atoms with Crippen molar-refractivity contribution in [1.82, 2.24) is 9.88 Å². The quantitative estimate of drug-likeness (QED) is 0.873. The summed E-state index contributed by atoms with van der Waals surface area (Å²) < 4.78 is 12.3. The van der Waals surface area contributed by atoms with E-state index in [-0.39, 0.29) is 18.2 Å². The van der Waals surface area contributed by atoms with Gasteiger partial charge in [0.1, 0.15) is 5.82 Å². The molecule has 5 nitrogen and oxygen atoms in total. The first-order valence-electron chi connectivity index (χ1n) is 9.14. The Hall–Kier alpha value is -1.66. The summed E-state index contributed by atoms with van der Waals surface area (Å²) in [6, 6.07) is 14.1. The molecular weight excluding hydrogens is 350 g/mol. The lowest BCUT2D eigenvalue weighted by Crippen LogP contribution is -2.32. The van der Waals surface area contributed by atoms with E-state index in [2.05, 4.69) is 27.3 Å². The van der Waals surface area contributed by atoms with Crippen LogP contribution in [0, 0.1) is 0 Å². The summed E-state index contributed by atoms with van der Waals surface area (Å²) in [7, 11) is 0. The van der Waals surface area contributed by atoms with E-state index in [0.29, 0.717) is 13.2 Å². The number of aromatic nitrogens is 1. The van der Waals surface area contributed by atoms with Crippen molar-refractivity contribution in [2.75, 3.05) is 38.2 Å². The molecule has 1 aromatic carbocycles. The van der Waals surface area contributed by atoms with E-state index in [1.165, 1.54) is 5.56 Å². The third-order valence-corrected chi connectivity index (χ3v) is 5.21. The Kier molecular flexibility index (Phi) is 5.70. The summed E-state index contributed by atoms with van der Waals surface area (Å²) >= 11 is 5.95. The number of hydrogen-bond donors (Lipinski definition) is 1. The van der Waals surface area contributed by atoms with Crippen LogP contribution in [0.1, 0.15) is 5.56 Å². The molecule has 138 valence electrons. The van der Waals surface area contributed by atoms with Crippen LogP contribution in [0.25, 0.3) is 0 Å². The Balaban J connectivity index is 1.25. The number of likely N-dealkylation sites (tertiary alicyclic amines) is 1.